The zero-order valence-corrected chi connectivity index (χ0v) is 14.1. The number of amides is 1. The second kappa shape index (κ2) is 6.71. The molecule has 3 rings (SSSR count). The average Bonchev–Trinajstić information content (AvgIpc) is 2.74. The number of carbonyl (C=O) groups excluding carboxylic acids is 1. The molecule has 1 aliphatic rings. The Hall–Kier alpha value is -1.53. The summed E-state index contributed by atoms with van der Waals surface area (Å²) in [4.78, 5) is 27.4. The van der Waals surface area contributed by atoms with Gasteiger partial charge < -0.3 is 9.47 Å². The molecule has 4 nitrogen and oxygen atoms in total. The first-order valence-electron chi connectivity index (χ1n) is 7.34. The maximum Gasteiger partial charge on any atom is 0.307 e. The van der Waals surface area contributed by atoms with Crippen LogP contribution in [0.3, 0.4) is 0 Å². The normalized spacial score (nSPS) is 14.5. The number of thiazole rings is 1. The Balaban J connectivity index is 1.76. The summed E-state index contributed by atoms with van der Waals surface area (Å²) in [6.45, 7) is 3.11. The Labute approximate surface area is 137 Å². The lowest BCUT2D eigenvalue weighted by atomic mass is 10.2. The van der Waals surface area contributed by atoms with Crippen LogP contribution in [0.1, 0.15) is 18.5 Å². The van der Waals surface area contributed by atoms with Gasteiger partial charge in [0.1, 0.15) is 0 Å². The van der Waals surface area contributed by atoms with Gasteiger partial charge in [-0.1, -0.05) is 23.5 Å². The molecule has 0 radical (unpaired) electrons. The zero-order valence-electron chi connectivity index (χ0n) is 12.4. The van der Waals surface area contributed by atoms with E-state index in [4.69, 9.17) is 0 Å². The van der Waals surface area contributed by atoms with Gasteiger partial charge in [-0.15, -0.1) is 11.8 Å². The molecule has 1 amide bonds. The number of thioether (sulfide) groups is 1. The summed E-state index contributed by atoms with van der Waals surface area (Å²) in [6, 6.07) is 8.05. The number of aryl methyl sites for hydroxylation is 1. The second-order valence-corrected chi connectivity index (χ2v) is 7.22. The van der Waals surface area contributed by atoms with Crippen LogP contribution < -0.4 is 9.77 Å². The SMILES string of the molecule is Cc1csc(=O)n1CCC(=O)N1CCCSc2ccccc21. The summed E-state index contributed by atoms with van der Waals surface area (Å²) in [5, 5.41) is 1.84. The molecule has 0 aliphatic carbocycles. The molecule has 116 valence electrons. The summed E-state index contributed by atoms with van der Waals surface area (Å²) in [7, 11) is 0. The van der Waals surface area contributed by atoms with Crippen molar-refractivity contribution in [2.75, 3.05) is 17.2 Å². The highest BCUT2D eigenvalue weighted by Crippen LogP contribution is 2.33. The molecular formula is C16H18N2O2S2. The molecule has 1 aromatic heterocycles. The van der Waals surface area contributed by atoms with E-state index in [0.29, 0.717) is 13.0 Å². The van der Waals surface area contributed by atoms with Crippen LogP contribution in [0.5, 0.6) is 0 Å². The standard InChI is InChI=1S/C16H18N2O2S2/c1-12-11-22-16(20)17(12)9-7-15(19)18-8-4-10-21-14-6-3-2-5-13(14)18/h2-3,5-6,11H,4,7-10H2,1H3. The number of hydrogen-bond donors (Lipinski definition) is 0. The van der Waals surface area contributed by atoms with Gasteiger partial charge in [0.05, 0.1) is 5.69 Å². The van der Waals surface area contributed by atoms with Crippen molar-refractivity contribution >= 4 is 34.7 Å². The van der Waals surface area contributed by atoms with Gasteiger partial charge in [-0.2, -0.15) is 0 Å². The fraction of sp³-hybridized carbons (Fsp3) is 0.375. The molecule has 0 saturated heterocycles. The van der Waals surface area contributed by atoms with Crippen molar-refractivity contribution in [2.24, 2.45) is 0 Å². The van der Waals surface area contributed by atoms with Crippen LogP contribution in [0.4, 0.5) is 5.69 Å². The minimum atomic E-state index is 0.0112. The van der Waals surface area contributed by atoms with E-state index in [1.54, 1.807) is 16.3 Å². The fourth-order valence-corrected chi connectivity index (χ4v) is 4.36. The van der Waals surface area contributed by atoms with Gasteiger partial charge in [-0.3, -0.25) is 9.59 Å². The third-order valence-corrected chi connectivity index (χ3v) is 5.80. The molecule has 0 saturated carbocycles. The van der Waals surface area contributed by atoms with Gasteiger partial charge >= 0.3 is 4.87 Å². The van der Waals surface area contributed by atoms with Crippen LogP contribution in [0, 0.1) is 6.92 Å². The first-order chi connectivity index (χ1) is 10.7. The molecule has 22 heavy (non-hydrogen) atoms. The van der Waals surface area contributed by atoms with Crippen molar-refractivity contribution in [3.63, 3.8) is 0 Å². The first-order valence-corrected chi connectivity index (χ1v) is 9.20. The molecule has 6 heteroatoms. The highest BCUT2D eigenvalue weighted by molar-refractivity contribution is 7.99. The Morgan fingerprint density at radius 1 is 1.32 bits per heavy atom. The molecule has 0 N–H and O–H groups in total. The molecule has 0 spiro atoms. The summed E-state index contributed by atoms with van der Waals surface area (Å²) in [5.41, 5.74) is 1.93. The number of aromatic nitrogens is 1. The Kier molecular flexibility index (Phi) is 4.69. The quantitative estimate of drug-likeness (QED) is 0.866. The van der Waals surface area contributed by atoms with Crippen molar-refractivity contribution in [1.82, 2.24) is 4.57 Å². The van der Waals surface area contributed by atoms with E-state index in [9.17, 15) is 9.59 Å². The van der Waals surface area contributed by atoms with Gasteiger partial charge in [0, 0.05) is 35.5 Å². The smallest absolute Gasteiger partial charge is 0.307 e. The summed E-state index contributed by atoms with van der Waals surface area (Å²) < 4.78 is 1.68. The van der Waals surface area contributed by atoms with Crippen molar-refractivity contribution in [2.45, 2.75) is 31.2 Å². The van der Waals surface area contributed by atoms with E-state index in [0.717, 1.165) is 35.0 Å². The van der Waals surface area contributed by atoms with Crippen LogP contribution in [-0.4, -0.2) is 22.8 Å². The van der Waals surface area contributed by atoms with Crippen molar-refractivity contribution in [3.05, 3.63) is 45.0 Å². The topological polar surface area (TPSA) is 42.3 Å². The fourth-order valence-electron chi connectivity index (χ4n) is 2.60. The lowest BCUT2D eigenvalue weighted by molar-refractivity contribution is -0.118. The van der Waals surface area contributed by atoms with E-state index in [2.05, 4.69) is 6.07 Å². The van der Waals surface area contributed by atoms with Crippen molar-refractivity contribution in [3.8, 4) is 0 Å². The molecule has 0 fully saturated rings. The molecule has 1 aliphatic heterocycles. The minimum Gasteiger partial charge on any atom is -0.311 e. The summed E-state index contributed by atoms with van der Waals surface area (Å²) in [5.74, 6) is 1.12. The molecule has 2 heterocycles. The molecule has 0 bridgehead atoms. The Morgan fingerprint density at radius 3 is 2.91 bits per heavy atom. The summed E-state index contributed by atoms with van der Waals surface area (Å²) >= 11 is 2.99. The van der Waals surface area contributed by atoms with Crippen LogP contribution in [-0.2, 0) is 11.3 Å². The van der Waals surface area contributed by atoms with Crippen molar-refractivity contribution < 1.29 is 4.79 Å². The highest BCUT2D eigenvalue weighted by Gasteiger charge is 2.21. The van der Waals surface area contributed by atoms with Gasteiger partial charge in [-0.25, -0.2) is 0 Å². The number of para-hydroxylation sites is 1. The van der Waals surface area contributed by atoms with Gasteiger partial charge in [0.25, 0.3) is 0 Å². The molecule has 2 aromatic rings. The molecule has 1 aromatic carbocycles. The number of anilines is 1. The average molecular weight is 334 g/mol. The highest BCUT2D eigenvalue weighted by atomic mass is 32.2. The van der Waals surface area contributed by atoms with Crippen LogP contribution in [0.2, 0.25) is 0 Å². The Bertz CT molecular complexity index is 736. The van der Waals surface area contributed by atoms with E-state index < -0.39 is 0 Å². The number of fused-ring (bicyclic) bond motifs is 1. The number of hydrogen-bond acceptors (Lipinski definition) is 4. The second-order valence-electron chi connectivity index (χ2n) is 5.26. The largest absolute Gasteiger partial charge is 0.311 e. The number of carbonyl (C=O) groups is 1. The third kappa shape index (κ3) is 3.13. The van der Waals surface area contributed by atoms with Crippen molar-refractivity contribution in [1.29, 1.82) is 0 Å². The van der Waals surface area contributed by atoms with Crippen LogP contribution in [0.25, 0.3) is 0 Å². The molecular weight excluding hydrogens is 316 g/mol. The summed E-state index contributed by atoms with van der Waals surface area (Å²) in [6.07, 6.45) is 1.35. The predicted octanol–water partition coefficient (Wildman–Crippen LogP) is 3.14. The lowest BCUT2D eigenvalue weighted by Gasteiger charge is -2.22. The third-order valence-electron chi connectivity index (χ3n) is 3.77. The van der Waals surface area contributed by atoms with Gasteiger partial charge in [-0.05, 0) is 31.2 Å². The lowest BCUT2D eigenvalue weighted by Crippen LogP contribution is -2.33. The monoisotopic (exact) mass is 334 g/mol. The predicted molar refractivity (Wildman–Crippen MR) is 92.1 cm³/mol. The maximum atomic E-state index is 12.6. The maximum absolute atomic E-state index is 12.6. The molecule has 0 atom stereocenters. The molecule has 0 unspecified atom stereocenters. The van der Waals surface area contributed by atoms with E-state index in [1.807, 2.05) is 35.4 Å². The number of benzene rings is 1. The first kappa shape index (κ1) is 15.4. The van der Waals surface area contributed by atoms with Gasteiger partial charge in [0.2, 0.25) is 5.91 Å². The van der Waals surface area contributed by atoms with Crippen LogP contribution >= 0.6 is 23.1 Å². The van der Waals surface area contributed by atoms with E-state index in [-0.39, 0.29) is 10.8 Å². The number of nitrogens with zero attached hydrogens (tertiary/aromatic N) is 2. The Morgan fingerprint density at radius 2 is 2.14 bits per heavy atom. The zero-order chi connectivity index (χ0) is 15.5. The van der Waals surface area contributed by atoms with E-state index in [1.165, 1.54) is 11.3 Å². The minimum absolute atomic E-state index is 0.0112. The number of rotatable bonds is 3. The van der Waals surface area contributed by atoms with Gasteiger partial charge in [0.15, 0.2) is 0 Å². The van der Waals surface area contributed by atoms with E-state index >= 15 is 0 Å². The van der Waals surface area contributed by atoms with Crippen LogP contribution in [0.15, 0.2) is 39.3 Å².